The van der Waals surface area contributed by atoms with Crippen LogP contribution in [0.2, 0.25) is 0 Å². The van der Waals surface area contributed by atoms with E-state index >= 15 is 0 Å². The molecule has 4 rings (SSSR count). The standard InChI is InChI=1S/C30H33N5O5/c1-29(2,3)40-28(38)34-30(10-12-39-13-11-30)27(37)33-25(17-32)15-21-6-9-23-18-35(19-24(23)14-21)26(36)22-7-4-20(16-31)5-8-22/h4-9,14,25H,10-13,15,18-19H2,1-3H3,(H,33,37)(H,34,38)/t25-/m0/s1. The van der Waals surface area contributed by atoms with Crippen LogP contribution in [0.5, 0.6) is 0 Å². The van der Waals surface area contributed by atoms with Crippen LogP contribution in [0, 0.1) is 22.7 Å². The van der Waals surface area contributed by atoms with Crippen LogP contribution in [0.3, 0.4) is 0 Å². The number of nitrogens with zero attached hydrogens (tertiary/aromatic N) is 3. The largest absolute Gasteiger partial charge is 0.444 e. The molecule has 2 N–H and O–H groups in total. The second-order valence-electron chi connectivity index (χ2n) is 11.1. The van der Waals surface area contributed by atoms with Gasteiger partial charge in [0.15, 0.2) is 0 Å². The molecule has 2 aromatic rings. The molecular weight excluding hydrogens is 510 g/mol. The molecule has 2 aromatic carbocycles. The van der Waals surface area contributed by atoms with Crippen molar-refractivity contribution in [3.8, 4) is 12.1 Å². The third-order valence-electron chi connectivity index (χ3n) is 6.96. The second-order valence-corrected chi connectivity index (χ2v) is 11.1. The molecule has 0 saturated carbocycles. The lowest BCUT2D eigenvalue weighted by Crippen LogP contribution is -2.63. The number of benzene rings is 2. The molecule has 1 fully saturated rings. The minimum Gasteiger partial charge on any atom is -0.444 e. The lowest BCUT2D eigenvalue weighted by Gasteiger charge is -2.37. The highest BCUT2D eigenvalue weighted by molar-refractivity contribution is 5.94. The first kappa shape index (κ1) is 28.6. The molecule has 2 heterocycles. The Morgan fingerprint density at radius 1 is 1.05 bits per heavy atom. The van der Waals surface area contributed by atoms with Crippen LogP contribution in [0.1, 0.15) is 66.2 Å². The van der Waals surface area contributed by atoms with Crippen LogP contribution in [-0.4, -0.2) is 53.2 Å². The summed E-state index contributed by atoms with van der Waals surface area (Å²) in [6.45, 7) is 6.71. The number of nitriles is 2. The molecule has 2 aliphatic rings. The number of amides is 3. The number of fused-ring (bicyclic) bond motifs is 1. The Morgan fingerprint density at radius 2 is 1.73 bits per heavy atom. The van der Waals surface area contributed by atoms with Gasteiger partial charge in [0.2, 0.25) is 5.91 Å². The fourth-order valence-electron chi connectivity index (χ4n) is 4.88. The fourth-order valence-corrected chi connectivity index (χ4v) is 4.88. The zero-order chi connectivity index (χ0) is 28.9. The van der Waals surface area contributed by atoms with E-state index in [1.807, 2.05) is 24.3 Å². The van der Waals surface area contributed by atoms with Gasteiger partial charge >= 0.3 is 6.09 Å². The second kappa shape index (κ2) is 11.8. The van der Waals surface area contributed by atoms with Crippen molar-refractivity contribution in [2.75, 3.05) is 13.2 Å². The van der Waals surface area contributed by atoms with Crippen molar-refractivity contribution in [3.63, 3.8) is 0 Å². The first-order valence-corrected chi connectivity index (χ1v) is 13.2. The SMILES string of the molecule is CC(C)(C)OC(=O)NC1(C(=O)N[C@H](C#N)Cc2ccc3c(c2)CN(C(=O)c2ccc(C#N)cc2)C3)CCOCC1. The summed E-state index contributed by atoms with van der Waals surface area (Å²) < 4.78 is 10.8. The van der Waals surface area contributed by atoms with E-state index in [0.29, 0.717) is 37.4 Å². The Labute approximate surface area is 233 Å². The highest BCUT2D eigenvalue weighted by Gasteiger charge is 2.43. The van der Waals surface area contributed by atoms with Gasteiger partial charge in [-0.2, -0.15) is 10.5 Å². The number of nitrogens with one attached hydrogen (secondary N) is 2. The molecule has 0 bridgehead atoms. The number of ether oxygens (including phenoxy) is 2. The lowest BCUT2D eigenvalue weighted by molar-refractivity contribution is -0.132. The van der Waals surface area contributed by atoms with Crippen molar-refractivity contribution in [3.05, 3.63) is 70.3 Å². The molecule has 0 spiro atoms. The summed E-state index contributed by atoms with van der Waals surface area (Å²) in [5.41, 5.74) is 1.90. The molecule has 40 heavy (non-hydrogen) atoms. The first-order chi connectivity index (χ1) is 19.0. The zero-order valence-corrected chi connectivity index (χ0v) is 23.0. The molecule has 208 valence electrons. The molecule has 0 unspecified atom stereocenters. The smallest absolute Gasteiger partial charge is 0.408 e. The average Bonchev–Trinajstić information content (AvgIpc) is 3.35. The van der Waals surface area contributed by atoms with E-state index < -0.39 is 29.2 Å². The molecule has 10 nitrogen and oxygen atoms in total. The predicted molar refractivity (Wildman–Crippen MR) is 145 cm³/mol. The van der Waals surface area contributed by atoms with Gasteiger partial charge in [-0.15, -0.1) is 0 Å². The summed E-state index contributed by atoms with van der Waals surface area (Å²) in [6.07, 6.45) is 0.0887. The minimum absolute atomic E-state index is 0.122. The molecule has 1 atom stereocenters. The highest BCUT2D eigenvalue weighted by Crippen LogP contribution is 2.27. The van der Waals surface area contributed by atoms with Gasteiger partial charge in [-0.05, 0) is 61.7 Å². The third kappa shape index (κ3) is 6.77. The molecule has 1 saturated heterocycles. The maximum Gasteiger partial charge on any atom is 0.408 e. The monoisotopic (exact) mass is 543 g/mol. The summed E-state index contributed by atoms with van der Waals surface area (Å²) in [5, 5.41) is 24.4. The van der Waals surface area contributed by atoms with Crippen molar-refractivity contribution >= 4 is 17.9 Å². The zero-order valence-electron chi connectivity index (χ0n) is 23.0. The van der Waals surface area contributed by atoms with Crippen LogP contribution >= 0.6 is 0 Å². The summed E-state index contributed by atoms with van der Waals surface area (Å²) in [4.78, 5) is 40.7. The van der Waals surface area contributed by atoms with Gasteiger partial charge in [0, 0.05) is 51.1 Å². The topological polar surface area (TPSA) is 145 Å². The van der Waals surface area contributed by atoms with Gasteiger partial charge in [0.1, 0.15) is 17.2 Å². The molecular formula is C30H33N5O5. The molecule has 0 aromatic heterocycles. The molecule has 0 aliphatic carbocycles. The fraction of sp³-hybridized carbons (Fsp3) is 0.433. The number of rotatable bonds is 6. The number of carbonyl (C=O) groups excluding carboxylic acids is 3. The van der Waals surface area contributed by atoms with Crippen LogP contribution in [-0.2, 0) is 33.8 Å². The van der Waals surface area contributed by atoms with Crippen molar-refractivity contribution in [2.45, 2.75) is 70.3 Å². The van der Waals surface area contributed by atoms with Gasteiger partial charge in [0.05, 0.1) is 17.7 Å². The molecule has 3 amide bonds. The Kier molecular flexibility index (Phi) is 8.41. The van der Waals surface area contributed by atoms with Crippen molar-refractivity contribution in [1.29, 1.82) is 10.5 Å². The highest BCUT2D eigenvalue weighted by atomic mass is 16.6. The van der Waals surface area contributed by atoms with E-state index in [0.717, 1.165) is 16.7 Å². The normalized spacial score (nSPS) is 16.6. The molecule has 0 radical (unpaired) electrons. The lowest BCUT2D eigenvalue weighted by atomic mass is 9.88. The quantitative estimate of drug-likeness (QED) is 0.568. The van der Waals surface area contributed by atoms with E-state index in [1.165, 1.54) is 0 Å². The Balaban J connectivity index is 1.41. The Morgan fingerprint density at radius 3 is 2.35 bits per heavy atom. The van der Waals surface area contributed by atoms with Gasteiger partial charge in [-0.3, -0.25) is 9.59 Å². The number of alkyl carbamates (subject to hydrolysis) is 1. The minimum atomic E-state index is -1.24. The van der Waals surface area contributed by atoms with E-state index in [1.54, 1.807) is 49.9 Å². The summed E-state index contributed by atoms with van der Waals surface area (Å²) in [5.74, 6) is -0.572. The molecule has 2 aliphatic heterocycles. The van der Waals surface area contributed by atoms with Crippen LogP contribution < -0.4 is 10.6 Å². The van der Waals surface area contributed by atoms with Crippen molar-refractivity contribution in [2.24, 2.45) is 0 Å². The number of carbonyl (C=O) groups is 3. The number of hydrogen-bond acceptors (Lipinski definition) is 7. The number of hydrogen-bond donors (Lipinski definition) is 2. The first-order valence-electron chi connectivity index (χ1n) is 13.2. The van der Waals surface area contributed by atoms with Gasteiger partial charge < -0.3 is 25.0 Å². The predicted octanol–water partition coefficient (Wildman–Crippen LogP) is 3.34. The Bertz CT molecular complexity index is 1360. The van der Waals surface area contributed by atoms with Crippen molar-refractivity contribution < 1.29 is 23.9 Å². The maximum absolute atomic E-state index is 13.4. The maximum atomic E-state index is 13.4. The summed E-state index contributed by atoms with van der Waals surface area (Å²) >= 11 is 0. The van der Waals surface area contributed by atoms with Crippen LogP contribution in [0.4, 0.5) is 4.79 Å². The van der Waals surface area contributed by atoms with Gasteiger partial charge in [-0.1, -0.05) is 18.2 Å². The van der Waals surface area contributed by atoms with E-state index in [2.05, 4.69) is 16.7 Å². The average molecular weight is 544 g/mol. The van der Waals surface area contributed by atoms with Gasteiger partial charge in [-0.25, -0.2) is 4.79 Å². The van der Waals surface area contributed by atoms with Crippen LogP contribution in [0.25, 0.3) is 0 Å². The Hall–Kier alpha value is -4.41. The van der Waals surface area contributed by atoms with E-state index in [-0.39, 0.29) is 25.2 Å². The van der Waals surface area contributed by atoms with E-state index in [9.17, 15) is 19.6 Å². The van der Waals surface area contributed by atoms with E-state index in [4.69, 9.17) is 14.7 Å². The van der Waals surface area contributed by atoms with Crippen molar-refractivity contribution in [1.82, 2.24) is 15.5 Å². The molecule has 10 heteroatoms. The summed E-state index contributed by atoms with van der Waals surface area (Å²) in [7, 11) is 0. The van der Waals surface area contributed by atoms with Gasteiger partial charge in [0.25, 0.3) is 5.91 Å². The third-order valence-corrected chi connectivity index (χ3v) is 6.96. The van der Waals surface area contributed by atoms with Crippen LogP contribution in [0.15, 0.2) is 42.5 Å². The summed E-state index contributed by atoms with van der Waals surface area (Å²) in [6, 6.07) is 15.7.